The van der Waals surface area contributed by atoms with Gasteiger partial charge in [0, 0.05) is 42.7 Å². The number of hydrogen-bond donors (Lipinski definition) is 1. The molecule has 1 aliphatic rings. The number of nitrogens with zero attached hydrogens (tertiary/aromatic N) is 5. The van der Waals surface area contributed by atoms with E-state index in [1.54, 1.807) is 30.2 Å². The molecular formula is C23H22FIN6O. The number of rotatable bonds is 4. The van der Waals surface area contributed by atoms with Gasteiger partial charge >= 0.3 is 0 Å². The van der Waals surface area contributed by atoms with Gasteiger partial charge in [-0.3, -0.25) is 9.78 Å². The lowest BCUT2D eigenvalue weighted by Crippen LogP contribution is -2.35. The Labute approximate surface area is 198 Å². The molecule has 5 rings (SSSR count). The van der Waals surface area contributed by atoms with Crippen LogP contribution in [0.2, 0.25) is 0 Å². The third-order valence-electron chi connectivity index (χ3n) is 6.41. The summed E-state index contributed by atoms with van der Waals surface area (Å²) in [5.74, 6) is 0.751. The Kier molecular flexibility index (Phi) is 5.31. The fourth-order valence-electron chi connectivity index (χ4n) is 4.74. The topological polar surface area (TPSA) is 85.6 Å². The second kappa shape index (κ2) is 8.02. The van der Waals surface area contributed by atoms with E-state index in [1.165, 1.54) is 6.07 Å². The summed E-state index contributed by atoms with van der Waals surface area (Å²) in [6.45, 7) is 2.02. The second-order valence-electron chi connectivity index (χ2n) is 8.68. The monoisotopic (exact) mass is 544 g/mol. The maximum absolute atomic E-state index is 14.7. The van der Waals surface area contributed by atoms with E-state index < -0.39 is 5.82 Å². The van der Waals surface area contributed by atoms with Crippen LogP contribution in [0, 0.1) is 20.9 Å². The van der Waals surface area contributed by atoms with E-state index in [-0.39, 0.29) is 11.3 Å². The predicted molar refractivity (Wildman–Crippen MR) is 128 cm³/mol. The summed E-state index contributed by atoms with van der Waals surface area (Å²) in [4.78, 5) is 25.7. The normalized spacial score (nSPS) is 20.8. The minimum absolute atomic E-state index is 0.0943. The number of carbonyl (C=O) groups excluding carboxylic acids is 1. The van der Waals surface area contributed by atoms with Crippen LogP contribution in [-0.4, -0.2) is 37.7 Å². The molecular weight excluding hydrogens is 522 g/mol. The predicted octanol–water partition coefficient (Wildman–Crippen LogP) is 4.20. The number of aromatic nitrogens is 5. The summed E-state index contributed by atoms with van der Waals surface area (Å²) < 4.78 is 17.1. The van der Waals surface area contributed by atoms with E-state index >= 15 is 0 Å². The lowest BCUT2D eigenvalue weighted by atomic mass is 9.86. The van der Waals surface area contributed by atoms with Crippen LogP contribution in [0.4, 0.5) is 4.39 Å². The average molecular weight is 544 g/mol. The molecule has 0 aliphatic heterocycles. The molecule has 164 valence electrons. The fourth-order valence-corrected chi connectivity index (χ4v) is 5.34. The number of pyridine rings is 1. The largest absolute Gasteiger partial charge is 0.359 e. The van der Waals surface area contributed by atoms with Crippen LogP contribution in [0.25, 0.3) is 27.6 Å². The molecule has 0 saturated heterocycles. The summed E-state index contributed by atoms with van der Waals surface area (Å²) in [5.41, 5.74) is 1.23. The number of hydrogen-bond acceptors (Lipinski definition) is 5. The number of benzene rings is 1. The number of carbonyl (C=O) groups is 1. The van der Waals surface area contributed by atoms with Crippen molar-refractivity contribution >= 4 is 50.4 Å². The molecule has 1 aromatic carbocycles. The fraction of sp³-hybridized carbons (Fsp3) is 0.348. The van der Waals surface area contributed by atoms with Crippen LogP contribution in [0.5, 0.6) is 0 Å². The first-order valence-corrected chi connectivity index (χ1v) is 11.6. The number of amides is 1. The molecule has 3 aromatic heterocycles. The average Bonchev–Trinajstić information content (AvgIpc) is 3.33. The zero-order valence-electron chi connectivity index (χ0n) is 17.8. The van der Waals surface area contributed by atoms with Gasteiger partial charge in [-0.2, -0.15) is 5.10 Å². The molecule has 1 fully saturated rings. The summed E-state index contributed by atoms with van der Waals surface area (Å²) in [7, 11) is 1.69. The maximum Gasteiger partial charge on any atom is 0.225 e. The Bertz CT molecular complexity index is 1360. The molecule has 7 nitrogen and oxygen atoms in total. The van der Waals surface area contributed by atoms with Gasteiger partial charge in [-0.15, -0.1) is 0 Å². The van der Waals surface area contributed by atoms with Gasteiger partial charge in [-0.25, -0.2) is 19.0 Å². The molecule has 0 spiro atoms. The maximum atomic E-state index is 14.7. The zero-order valence-corrected chi connectivity index (χ0v) is 19.9. The zero-order chi connectivity index (χ0) is 22.5. The molecule has 2 atom stereocenters. The van der Waals surface area contributed by atoms with Crippen molar-refractivity contribution < 1.29 is 9.18 Å². The minimum atomic E-state index is -0.398. The molecule has 0 unspecified atom stereocenters. The van der Waals surface area contributed by atoms with Gasteiger partial charge in [0.15, 0.2) is 11.5 Å². The molecule has 0 bridgehead atoms. The standard InChI is InChI=1S/C23H22FIN6O/c1-23(22(32)26-2)6-5-13(11-23)8-18-28-12-16-20(25)30-31(21(16)29-18)15-9-14-4-3-7-27-19(14)17(24)10-15/h3-4,7,9-10,12-13H,5-6,8,11H2,1-2H3,(H,26,32)/t13-,23+/m0/s1. The second-order valence-corrected chi connectivity index (χ2v) is 9.70. The van der Waals surface area contributed by atoms with E-state index in [0.29, 0.717) is 40.4 Å². The molecule has 1 aliphatic carbocycles. The highest BCUT2D eigenvalue weighted by atomic mass is 127. The van der Waals surface area contributed by atoms with Crippen LogP contribution >= 0.6 is 22.6 Å². The molecule has 4 aromatic rings. The van der Waals surface area contributed by atoms with E-state index in [9.17, 15) is 9.18 Å². The molecule has 0 radical (unpaired) electrons. The minimum Gasteiger partial charge on any atom is -0.359 e. The van der Waals surface area contributed by atoms with E-state index in [1.807, 2.05) is 19.1 Å². The SMILES string of the molecule is CNC(=O)[C@]1(C)CC[C@@H](Cc2ncc3c(I)nn(-c4cc(F)c5ncccc5c4)c3n2)C1. The third-order valence-corrected chi connectivity index (χ3v) is 7.20. The molecule has 1 saturated carbocycles. The molecule has 3 heterocycles. The Morgan fingerprint density at radius 2 is 2.22 bits per heavy atom. The lowest BCUT2D eigenvalue weighted by Gasteiger charge is -2.21. The van der Waals surface area contributed by atoms with Crippen LogP contribution in [0.15, 0.2) is 36.7 Å². The van der Waals surface area contributed by atoms with Gasteiger partial charge in [0.1, 0.15) is 15.0 Å². The lowest BCUT2D eigenvalue weighted by molar-refractivity contribution is -0.129. The van der Waals surface area contributed by atoms with E-state index in [0.717, 1.165) is 28.3 Å². The summed E-state index contributed by atoms with van der Waals surface area (Å²) in [6.07, 6.45) is 6.70. The van der Waals surface area contributed by atoms with Gasteiger partial charge < -0.3 is 5.32 Å². The van der Waals surface area contributed by atoms with Crippen molar-refractivity contribution in [2.75, 3.05) is 7.05 Å². The van der Waals surface area contributed by atoms with Gasteiger partial charge in [-0.05, 0) is 59.9 Å². The first-order valence-electron chi connectivity index (χ1n) is 10.5. The third kappa shape index (κ3) is 3.62. The van der Waals surface area contributed by atoms with Crippen molar-refractivity contribution in [2.45, 2.75) is 32.6 Å². The first kappa shape index (κ1) is 21.2. The van der Waals surface area contributed by atoms with Crippen LogP contribution in [-0.2, 0) is 11.2 Å². The first-order chi connectivity index (χ1) is 15.4. The van der Waals surface area contributed by atoms with Crippen LogP contribution < -0.4 is 5.32 Å². The van der Waals surface area contributed by atoms with E-state index in [2.05, 4.69) is 43.0 Å². The van der Waals surface area contributed by atoms with Gasteiger partial charge in [0.25, 0.3) is 0 Å². The Morgan fingerprint density at radius 3 is 3.03 bits per heavy atom. The summed E-state index contributed by atoms with van der Waals surface area (Å²) in [5, 5.41) is 8.91. The van der Waals surface area contributed by atoms with Crippen molar-refractivity contribution in [3.05, 3.63) is 52.0 Å². The molecule has 1 N–H and O–H groups in total. The number of nitrogens with one attached hydrogen (secondary N) is 1. The molecule has 9 heteroatoms. The molecule has 32 heavy (non-hydrogen) atoms. The van der Waals surface area contributed by atoms with Gasteiger partial charge in [0.05, 0.1) is 11.1 Å². The Balaban J connectivity index is 1.50. The Hall–Kier alpha value is -2.69. The van der Waals surface area contributed by atoms with Crippen molar-refractivity contribution in [2.24, 2.45) is 11.3 Å². The summed E-state index contributed by atoms with van der Waals surface area (Å²) >= 11 is 2.15. The summed E-state index contributed by atoms with van der Waals surface area (Å²) in [6, 6.07) is 6.91. The van der Waals surface area contributed by atoms with Gasteiger partial charge in [0.2, 0.25) is 5.91 Å². The van der Waals surface area contributed by atoms with Crippen LogP contribution in [0.1, 0.15) is 32.0 Å². The van der Waals surface area contributed by atoms with Crippen molar-refractivity contribution in [3.63, 3.8) is 0 Å². The highest BCUT2D eigenvalue weighted by Crippen LogP contribution is 2.42. The van der Waals surface area contributed by atoms with Crippen LogP contribution in [0.3, 0.4) is 0 Å². The number of fused-ring (bicyclic) bond motifs is 2. The smallest absolute Gasteiger partial charge is 0.225 e. The number of halogens is 2. The van der Waals surface area contributed by atoms with Crippen molar-refractivity contribution in [1.29, 1.82) is 0 Å². The quantitative estimate of drug-likeness (QED) is 0.390. The molecule has 1 amide bonds. The highest BCUT2D eigenvalue weighted by Gasteiger charge is 2.40. The van der Waals surface area contributed by atoms with E-state index in [4.69, 9.17) is 4.98 Å². The highest BCUT2D eigenvalue weighted by molar-refractivity contribution is 14.1. The van der Waals surface area contributed by atoms with Gasteiger partial charge in [-0.1, -0.05) is 13.0 Å². The van der Waals surface area contributed by atoms with Crippen molar-refractivity contribution in [3.8, 4) is 5.69 Å². The van der Waals surface area contributed by atoms with Crippen molar-refractivity contribution in [1.82, 2.24) is 30.0 Å². The Morgan fingerprint density at radius 1 is 1.38 bits per heavy atom.